The van der Waals surface area contributed by atoms with Crippen LogP contribution in [-0.4, -0.2) is 57.4 Å². The quantitative estimate of drug-likeness (QED) is 0.846. The lowest BCUT2D eigenvalue weighted by atomic mass is 10.2. The van der Waals surface area contributed by atoms with Gasteiger partial charge in [0.15, 0.2) is 17.5 Å². The van der Waals surface area contributed by atoms with E-state index in [4.69, 9.17) is 15.5 Å². The molecule has 2 aromatic rings. The Morgan fingerprint density at radius 2 is 1.81 bits per heavy atom. The molecule has 0 unspecified atom stereocenters. The smallest absolute Gasteiger partial charge is 0.158 e. The van der Waals surface area contributed by atoms with Crippen LogP contribution in [0.25, 0.3) is 12.2 Å². The van der Waals surface area contributed by atoms with Crippen LogP contribution in [0.1, 0.15) is 11.4 Å². The Morgan fingerprint density at radius 3 is 2.42 bits per heavy atom. The van der Waals surface area contributed by atoms with Gasteiger partial charge in [0.05, 0.1) is 7.11 Å². The van der Waals surface area contributed by atoms with Crippen LogP contribution in [0.2, 0.25) is 0 Å². The maximum absolute atomic E-state index is 6.36. The fourth-order valence-corrected chi connectivity index (χ4v) is 2.88. The Balaban J connectivity index is 1.92. The molecule has 0 amide bonds. The Labute approximate surface area is 154 Å². The average molecular weight is 354 g/mol. The number of nitrogens with one attached hydrogen (secondary N) is 1. The number of nitrogen functional groups attached to an aromatic ring is 1. The van der Waals surface area contributed by atoms with Gasteiger partial charge >= 0.3 is 0 Å². The summed E-state index contributed by atoms with van der Waals surface area (Å²) in [4.78, 5) is 13.5. The first-order valence-electron chi connectivity index (χ1n) is 8.71. The van der Waals surface area contributed by atoms with Crippen LogP contribution >= 0.6 is 0 Å². The van der Waals surface area contributed by atoms with Gasteiger partial charge < -0.3 is 25.6 Å². The maximum atomic E-state index is 6.36. The van der Waals surface area contributed by atoms with Gasteiger partial charge in [-0.15, -0.1) is 0 Å². The molecular weight excluding hydrogens is 328 g/mol. The highest BCUT2D eigenvalue weighted by atomic mass is 16.5. The molecule has 0 bridgehead atoms. The Morgan fingerprint density at radius 1 is 1.12 bits per heavy atom. The first-order chi connectivity index (χ1) is 12.6. The fraction of sp³-hybridized carbons (Fsp3) is 0.368. The zero-order valence-electron chi connectivity index (χ0n) is 15.6. The van der Waals surface area contributed by atoms with Gasteiger partial charge in [0.25, 0.3) is 0 Å². The molecule has 26 heavy (non-hydrogen) atoms. The molecule has 1 aromatic carbocycles. The fourth-order valence-electron chi connectivity index (χ4n) is 2.88. The minimum absolute atomic E-state index is 0.624. The number of hydrogen-bond acceptors (Lipinski definition) is 7. The minimum Gasteiger partial charge on any atom is -0.497 e. The van der Waals surface area contributed by atoms with Crippen LogP contribution in [0.5, 0.6) is 5.75 Å². The lowest BCUT2D eigenvalue weighted by Crippen LogP contribution is -2.44. The number of aromatic nitrogens is 2. The molecule has 1 saturated heterocycles. The third kappa shape index (κ3) is 4.05. The molecule has 7 nitrogen and oxygen atoms in total. The molecule has 0 atom stereocenters. The minimum atomic E-state index is 0.624. The first-order valence-corrected chi connectivity index (χ1v) is 8.71. The van der Waals surface area contributed by atoms with Crippen molar-refractivity contribution in [1.29, 1.82) is 0 Å². The van der Waals surface area contributed by atoms with Crippen LogP contribution in [0, 0.1) is 0 Å². The van der Waals surface area contributed by atoms with Crippen molar-refractivity contribution in [2.75, 3.05) is 62.9 Å². The van der Waals surface area contributed by atoms with Gasteiger partial charge in [-0.25, -0.2) is 9.97 Å². The second-order valence-electron chi connectivity index (χ2n) is 6.38. The Hall–Kier alpha value is -2.80. The molecule has 7 heteroatoms. The molecule has 0 radical (unpaired) electrons. The molecule has 3 rings (SSSR count). The first kappa shape index (κ1) is 18.0. The standard InChI is InChI=1S/C19H26N6O/c1-24(2)18-17(20)19(25-12-10-21-11-13-25)23-16(22-18)9-6-14-4-7-15(26-3)8-5-14/h4-9,21H,10-13,20H2,1-3H3/b9-6+. The van der Waals surface area contributed by atoms with Gasteiger partial charge in [0, 0.05) is 40.3 Å². The molecule has 0 spiro atoms. The lowest BCUT2D eigenvalue weighted by Gasteiger charge is -2.30. The van der Waals surface area contributed by atoms with Gasteiger partial charge in [-0.1, -0.05) is 18.2 Å². The second-order valence-corrected chi connectivity index (χ2v) is 6.38. The number of piperazine rings is 1. The van der Waals surface area contributed by atoms with Crippen LogP contribution in [-0.2, 0) is 0 Å². The summed E-state index contributed by atoms with van der Waals surface area (Å²) in [7, 11) is 5.54. The zero-order chi connectivity index (χ0) is 18.5. The van der Waals surface area contributed by atoms with Crippen LogP contribution in [0.3, 0.4) is 0 Å². The number of benzene rings is 1. The molecule has 2 heterocycles. The highest BCUT2D eigenvalue weighted by Gasteiger charge is 2.19. The summed E-state index contributed by atoms with van der Waals surface area (Å²) < 4.78 is 5.19. The number of rotatable bonds is 5. The van der Waals surface area contributed by atoms with Crippen molar-refractivity contribution in [1.82, 2.24) is 15.3 Å². The SMILES string of the molecule is COc1ccc(/C=C/c2nc(N(C)C)c(N)c(N3CCNCC3)n2)cc1. The zero-order valence-corrected chi connectivity index (χ0v) is 15.6. The predicted octanol–water partition coefficient (Wildman–Crippen LogP) is 1.71. The van der Waals surface area contributed by atoms with Crippen molar-refractivity contribution in [3.8, 4) is 5.75 Å². The molecular formula is C19H26N6O. The van der Waals surface area contributed by atoms with E-state index < -0.39 is 0 Å². The van der Waals surface area contributed by atoms with Gasteiger partial charge in [0.2, 0.25) is 0 Å². The largest absolute Gasteiger partial charge is 0.497 e. The lowest BCUT2D eigenvalue weighted by molar-refractivity contribution is 0.415. The van der Waals surface area contributed by atoms with Crippen molar-refractivity contribution in [3.05, 3.63) is 35.7 Å². The third-order valence-electron chi connectivity index (χ3n) is 4.30. The molecule has 3 N–H and O–H groups in total. The summed E-state index contributed by atoms with van der Waals surface area (Å²) in [6.45, 7) is 3.63. The molecule has 1 aliphatic rings. The number of nitrogens with two attached hydrogens (primary N) is 1. The van der Waals surface area contributed by atoms with Crippen molar-refractivity contribution in [2.45, 2.75) is 0 Å². The van der Waals surface area contributed by atoms with E-state index in [1.807, 2.05) is 55.4 Å². The number of methoxy groups -OCH3 is 1. The Bertz CT molecular complexity index is 766. The second kappa shape index (κ2) is 8.05. The molecule has 1 fully saturated rings. The Kier molecular flexibility index (Phi) is 5.58. The van der Waals surface area contributed by atoms with Gasteiger partial charge in [-0.05, 0) is 23.8 Å². The maximum Gasteiger partial charge on any atom is 0.158 e. The molecule has 138 valence electrons. The van der Waals surface area contributed by atoms with E-state index >= 15 is 0 Å². The van der Waals surface area contributed by atoms with Crippen molar-refractivity contribution in [3.63, 3.8) is 0 Å². The van der Waals surface area contributed by atoms with Crippen LogP contribution in [0.4, 0.5) is 17.3 Å². The summed E-state index contributed by atoms with van der Waals surface area (Å²) in [6, 6.07) is 7.86. The van der Waals surface area contributed by atoms with Crippen molar-refractivity contribution < 1.29 is 4.74 Å². The van der Waals surface area contributed by atoms with E-state index in [9.17, 15) is 0 Å². The highest BCUT2D eigenvalue weighted by Crippen LogP contribution is 2.29. The van der Waals surface area contributed by atoms with E-state index in [1.54, 1.807) is 7.11 Å². The molecule has 0 saturated carbocycles. The number of ether oxygens (including phenoxy) is 1. The van der Waals surface area contributed by atoms with E-state index in [1.165, 1.54) is 0 Å². The summed E-state index contributed by atoms with van der Waals surface area (Å²) in [5.74, 6) is 3.02. The molecule has 1 aromatic heterocycles. The van der Waals surface area contributed by atoms with Crippen LogP contribution < -0.4 is 25.6 Å². The number of anilines is 3. The summed E-state index contributed by atoms with van der Waals surface area (Å²) in [5.41, 5.74) is 8.04. The molecule has 0 aliphatic carbocycles. The van der Waals surface area contributed by atoms with E-state index in [2.05, 4.69) is 15.2 Å². The predicted molar refractivity (Wildman–Crippen MR) is 108 cm³/mol. The summed E-state index contributed by atoms with van der Waals surface area (Å²) >= 11 is 0. The van der Waals surface area contributed by atoms with Gasteiger partial charge in [-0.3, -0.25) is 0 Å². The van der Waals surface area contributed by atoms with Crippen molar-refractivity contribution >= 4 is 29.5 Å². The average Bonchev–Trinajstić information content (AvgIpc) is 2.68. The third-order valence-corrected chi connectivity index (χ3v) is 4.30. The summed E-state index contributed by atoms with van der Waals surface area (Å²) in [5, 5.41) is 3.35. The van der Waals surface area contributed by atoms with E-state index in [0.717, 1.165) is 49.1 Å². The van der Waals surface area contributed by atoms with Crippen molar-refractivity contribution in [2.24, 2.45) is 0 Å². The van der Waals surface area contributed by atoms with E-state index in [-0.39, 0.29) is 0 Å². The van der Waals surface area contributed by atoms with Gasteiger partial charge in [-0.2, -0.15) is 0 Å². The van der Waals surface area contributed by atoms with Gasteiger partial charge in [0.1, 0.15) is 11.4 Å². The summed E-state index contributed by atoms with van der Waals surface area (Å²) in [6.07, 6.45) is 3.91. The highest BCUT2D eigenvalue weighted by molar-refractivity contribution is 5.78. The number of hydrogen-bond donors (Lipinski definition) is 2. The normalized spacial score (nSPS) is 14.7. The monoisotopic (exact) mass is 354 g/mol. The molecule has 1 aliphatic heterocycles. The van der Waals surface area contributed by atoms with E-state index in [0.29, 0.717) is 11.5 Å². The number of nitrogens with zero attached hydrogens (tertiary/aromatic N) is 4. The van der Waals surface area contributed by atoms with Crippen LogP contribution in [0.15, 0.2) is 24.3 Å². The topological polar surface area (TPSA) is 79.5 Å².